The Balaban J connectivity index is 1.84. The zero-order valence-corrected chi connectivity index (χ0v) is 6.25. The van der Waals surface area contributed by atoms with Crippen molar-refractivity contribution in [3.05, 3.63) is 12.4 Å². The number of aromatic nitrogens is 2. The minimum absolute atomic E-state index is 0.402. The van der Waals surface area contributed by atoms with E-state index in [1.807, 2.05) is 6.20 Å². The third-order valence-corrected chi connectivity index (χ3v) is 2.04. The van der Waals surface area contributed by atoms with E-state index in [1.165, 1.54) is 0 Å². The second kappa shape index (κ2) is 2.54. The molecule has 0 radical (unpaired) electrons. The van der Waals surface area contributed by atoms with Crippen molar-refractivity contribution in [1.82, 2.24) is 10.2 Å². The molecule has 4 heteroatoms. The number of nitrogens with one attached hydrogen (secondary N) is 2. The van der Waals surface area contributed by atoms with Crippen molar-refractivity contribution in [2.75, 3.05) is 5.32 Å². The molecule has 1 heterocycles. The Kier molecular flexibility index (Phi) is 1.54. The Bertz CT molecular complexity index is 212. The van der Waals surface area contributed by atoms with Crippen LogP contribution in [0.1, 0.15) is 12.8 Å². The highest BCUT2D eigenvalue weighted by Crippen LogP contribution is 2.21. The highest BCUT2D eigenvalue weighted by atomic mass is 15.1. The second-order valence-electron chi connectivity index (χ2n) is 3.06. The van der Waals surface area contributed by atoms with Gasteiger partial charge >= 0.3 is 0 Å². The van der Waals surface area contributed by atoms with Crippen LogP contribution in [0, 0.1) is 0 Å². The van der Waals surface area contributed by atoms with Crippen molar-refractivity contribution in [2.45, 2.75) is 24.9 Å². The number of nitrogens with two attached hydrogens (primary N) is 1. The molecule has 1 aliphatic carbocycles. The van der Waals surface area contributed by atoms with Crippen molar-refractivity contribution < 1.29 is 0 Å². The lowest BCUT2D eigenvalue weighted by molar-refractivity contribution is 0.374. The van der Waals surface area contributed by atoms with Crippen molar-refractivity contribution in [3.63, 3.8) is 0 Å². The van der Waals surface area contributed by atoms with Crippen LogP contribution in [-0.4, -0.2) is 22.3 Å². The molecule has 0 aliphatic heterocycles. The summed E-state index contributed by atoms with van der Waals surface area (Å²) in [4.78, 5) is 0. The summed E-state index contributed by atoms with van der Waals surface area (Å²) in [6.07, 6.45) is 5.78. The molecule has 0 amide bonds. The molecule has 60 valence electrons. The first-order valence-electron chi connectivity index (χ1n) is 3.85. The first-order chi connectivity index (χ1) is 5.34. The van der Waals surface area contributed by atoms with Crippen LogP contribution in [0.4, 0.5) is 5.69 Å². The minimum Gasteiger partial charge on any atom is -0.380 e. The van der Waals surface area contributed by atoms with E-state index in [1.54, 1.807) is 6.20 Å². The highest BCUT2D eigenvalue weighted by Gasteiger charge is 2.25. The van der Waals surface area contributed by atoms with E-state index >= 15 is 0 Å². The van der Waals surface area contributed by atoms with E-state index < -0.39 is 0 Å². The Labute approximate surface area is 65.2 Å². The lowest BCUT2D eigenvalue weighted by atomic mass is 9.87. The second-order valence-corrected chi connectivity index (χ2v) is 3.06. The summed E-state index contributed by atoms with van der Waals surface area (Å²) in [7, 11) is 0. The van der Waals surface area contributed by atoms with Gasteiger partial charge in [0.25, 0.3) is 0 Å². The molecule has 0 atom stereocenters. The molecule has 0 spiro atoms. The Morgan fingerprint density at radius 2 is 2.45 bits per heavy atom. The highest BCUT2D eigenvalue weighted by molar-refractivity contribution is 5.39. The third-order valence-electron chi connectivity index (χ3n) is 2.04. The van der Waals surface area contributed by atoms with Gasteiger partial charge in [0.15, 0.2) is 0 Å². The average molecular weight is 152 g/mol. The molecule has 1 aromatic heterocycles. The van der Waals surface area contributed by atoms with Crippen molar-refractivity contribution in [3.8, 4) is 0 Å². The van der Waals surface area contributed by atoms with Crippen LogP contribution in [0.2, 0.25) is 0 Å². The predicted octanol–water partition coefficient (Wildman–Crippen LogP) is 0.311. The van der Waals surface area contributed by atoms with Gasteiger partial charge in [-0.05, 0) is 12.8 Å². The summed E-state index contributed by atoms with van der Waals surface area (Å²) in [6.45, 7) is 0. The van der Waals surface area contributed by atoms with Gasteiger partial charge in [-0.25, -0.2) is 0 Å². The van der Waals surface area contributed by atoms with E-state index in [4.69, 9.17) is 5.73 Å². The quantitative estimate of drug-likeness (QED) is 0.571. The van der Waals surface area contributed by atoms with Crippen LogP contribution in [0.15, 0.2) is 12.4 Å². The van der Waals surface area contributed by atoms with Crippen LogP contribution in [-0.2, 0) is 0 Å². The maximum absolute atomic E-state index is 5.63. The average Bonchev–Trinajstić information content (AvgIpc) is 2.36. The first kappa shape index (κ1) is 6.67. The predicted molar refractivity (Wildman–Crippen MR) is 43.2 cm³/mol. The van der Waals surface area contributed by atoms with Gasteiger partial charge in [0.05, 0.1) is 11.9 Å². The summed E-state index contributed by atoms with van der Waals surface area (Å²) in [5, 5.41) is 9.90. The van der Waals surface area contributed by atoms with Gasteiger partial charge in [-0.3, -0.25) is 5.10 Å². The summed E-state index contributed by atoms with van der Waals surface area (Å²) < 4.78 is 0. The summed E-state index contributed by atoms with van der Waals surface area (Å²) in [5.74, 6) is 0. The standard InChI is InChI=1S/C7H12N4/c8-5-1-6(2-5)11-7-3-9-10-4-7/h3-6,11H,1-2,8H2,(H,9,10). The largest absolute Gasteiger partial charge is 0.380 e. The fourth-order valence-corrected chi connectivity index (χ4v) is 1.35. The monoisotopic (exact) mass is 152 g/mol. The summed E-state index contributed by atoms with van der Waals surface area (Å²) in [6, 6.07) is 0.960. The van der Waals surface area contributed by atoms with Crippen LogP contribution in [0.5, 0.6) is 0 Å². The normalized spacial score (nSPS) is 29.5. The molecule has 4 nitrogen and oxygen atoms in total. The van der Waals surface area contributed by atoms with E-state index in [2.05, 4.69) is 15.5 Å². The smallest absolute Gasteiger partial charge is 0.0725 e. The van der Waals surface area contributed by atoms with Crippen molar-refractivity contribution >= 4 is 5.69 Å². The first-order valence-corrected chi connectivity index (χ1v) is 3.85. The van der Waals surface area contributed by atoms with Crippen molar-refractivity contribution in [2.24, 2.45) is 5.73 Å². The molecule has 0 saturated heterocycles. The van der Waals surface area contributed by atoms with Gasteiger partial charge in [0, 0.05) is 18.3 Å². The van der Waals surface area contributed by atoms with Gasteiger partial charge in [-0.1, -0.05) is 0 Å². The molecule has 11 heavy (non-hydrogen) atoms. The number of anilines is 1. The van der Waals surface area contributed by atoms with E-state index in [9.17, 15) is 0 Å². The molecule has 1 fully saturated rings. The Hall–Kier alpha value is -1.03. The summed E-state index contributed by atoms with van der Waals surface area (Å²) >= 11 is 0. The molecular weight excluding hydrogens is 140 g/mol. The van der Waals surface area contributed by atoms with Gasteiger partial charge in [-0.15, -0.1) is 0 Å². The number of nitrogens with zero attached hydrogens (tertiary/aromatic N) is 1. The molecule has 4 N–H and O–H groups in total. The molecule has 1 aromatic rings. The maximum Gasteiger partial charge on any atom is 0.0725 e. The van der Waals surface area contributed by atoms with Crippen LogP contribution in [0.25, 0.3) is 0 Å². The molecule has 1 aliphatic rings. The Morgan fingerprint density at radius 1 is 1.64 bits per heavy atom. The number of H-pyrrole nitrogens is 1. The molecular formula is C7H12N4. The number of rotatable bonds is 2. The van der Waals surface area contributed by atoms with Gasteiger partial charge < -0.3 is 11.1 Å². The fraction of sp³-hybridized carbons (Fsp3) is 0.571. The fourth-order valence-electron chi connectivity index (χ4n) is 1.35. The lowest BCUT2D eigenvalue weighted by Crippen LogP contribution is -2.44. The van der Waals surface area contributed by atoms with Gasteiger partial charge in [-0.2, -0.15) is 5.10 Å². The van der Waals surface area contributed by atoms with Gasteiger partial charge in [0.1, 0.15) is 0 Å². The molecule has 0 bridgehead atoms. The van der Waals surface area contributed by atoms with Crippen LogP contribution in [0.3, 0.4) is 0 Å². The topological polar surface area (TPSA) is 66.7 Å². The van der Waals surface area contributed by atoms with Crippen LogP contribution < -0.4 is 11.1 Å². The number of hydrogen-bond acceptors (Lipinski definition) is 3. The van der Waals surface area contributed by atoms with E-state index in [0.29, 0.717) is 12.1 Å². The van der Waals surface area contributed by atoms with E-state index in [0.717, 1.165) is 18.5 Å². The molecule has 0 unspecified atom stereocenters. The molecule has 0 aromatic carbocycles. The number of aromatic amines is 1. The molecule has 1 saturated carbocycles. The minimum atomic E-state index is 0.402. The van der Waals surface area contributed by atoms with E-state index in [-0.39, 0.29) is 0 Å². The SMILES string of the molecule is NC1CC(Nc2cn[nH]c2)C1. The zero-order valence-electron chi connectivity index (χ0n) is 6.25. The molecule has 2 rings (SSSR count). The summed E-state index contributed by atoms with van der Waals surface area (Å²) in [5.41, 5.74) is 6.69. The Morgan fingerprint density at radius 3 is 3.00 bits per heavy atom. The van der Waals surface area contributed by atoms with Crippen molar-refractivity contribution in [1.29, 1.82) is 0 Å². The maximum atomic E-state index is 5.63. The zero-order chi connectivity index (χ0) is 7.68. The number of hydrogen-bond donors (Lipinski definition) is 3. The third kappa shape index (κ3) is 1.35. The van der Waals surface area contributed by atoms with Gasteiger partial charge in [0.2, 0.25) is 0 Å². The van der Waals surface area contributed by atoms with Crippen LogP contribution >= 0.6 is 0 Å². The lowest BCUT2D eigenvalue weighted by Gasteiger charge is -2.33.